The van der Waals surface area contributed by atoms with Crippen molar-refractivity contribution in [3.05, 3.63) is 29.8 Å². The molecule has 0 aromatic heterocycles. The van der Waals surface area contributed by atoms with E-state index in [4.69, 9.17) is 4.74 Å². The monoisotopic (exact) mass is 258 g/mol. The fraction of sp³-hybridized carbons (Fsp3) is 0.562. The van der Waals surface area contributed by atoms with E-state index >= 15 is 0 Å². The van der Waals surface area contributed by atoms with Crippen LogP contribution in [0.1, 0.15) is 43.7 Å². The first kappa shape index (κ1) is 13.9. The van der Waals surface area contributed by atoms with Crippen molar-refractivity contribution >= 4 is 0 Å². The molecule has 1 aliphatic carbocycles. The molecule has 0 aliphatic heterocycles. The zero-order chi connectivity index (χ0) is 13.7. The molecule has 3 nitrogen and oxygen atoms in total. The van der Waals surface area contributed by atoms with Gasteiger partial charge in [-0.25, -0.2) is 0 Å². The summed E-state index contributed by atoms with van der Waals surface area (Å²) < 4.78 is 5.25. The van der Waals surface area contributed by atoms with Gasteiger partial charge in [-0.3, -0.25) is 4.90 Å². The highest BCUT2D eigenvalue weighted by Crippen LogP contribution is 2.29. The second kappa shape index (κ2) is 6.58. The Morgan fingerprint density at radius 3 is 2.68 bits per heavy atom. The molecule has 1 atom stereocenters. The lowest BCUT2D eigenvalue weighted by molar-refractivity contribution is 0.164. The van der Waals surface area contributed by atoms with Crippen molar-refractivity contribution in [3.63, 3.8) is 0 Å². The first-order chi connectivity index (χ1) is 9.26. The van der Waals surface area contributed by atoms with E-state index in [0.717, 1.165) is 11.3 Å². The number of rotatable bonds is 4. The molecular formula is C16H22N2O. The van der Waals surface area contributed by atoms with Crippen molar-refractivity contribution in [3.8, 4) is 11.8 Å². The summed E-state index contributed by atoms with van der Waals surface area (Å²) in [5.74, 6) is 0.815. The molecule has 0 amide bonds. The molecule has 0 heterocycles. The van der Waals surface area contributed by atoms with E-state index in [1.54, 1.807) is 7.11 Å². The predicted molar refractivity (Wildman–Crippen MR) is 76.0 cm³/mol. The summed E-state index contributed by atoms with van der Waals surface area (Å²) in [6.07, 6.45) is 6.31. The molecule has 0 spiro atoms. The maximum Gasteiger partial charge on any atom is 0.123 e. The van der Waals surface area contributed by atoms with Crippen LogP contribution in [0.2, 0.25) is 0 Å². The molecular weight excluding hydrogens is 236 g/mol. The highest BCUT2D eigenvalue weighted by atomic mass is 16.5. The van der Waals surface area contributed by atoms with E-state index in [9.17, 15) is 5.26 Å². The van der Waals surface area contributed by atoms with Crippen molar-refractivity contribution in [1.29, 1.82) is 5.26 Å². The molecule has 0 saturated heterocycles. The van der Waals surface area contributed by atoms with Gasteiger partial charge in [0.2, 0.25) is 0 Å². The number of hydrogen-bond acceptors (Lipinski definition) is 3. The van der Waals surface area contributed by atoms with Crippen LogP contribution in [-0.4, -0.2) is 25.1 Å². The van der Waals surface area contributed by atoms with Crippen LogP contribution in [0.25, 0.3) is 0 Å². The first-order valence-corrected chi connectivity index (χ1v) is 7.01. The molecule has 1 aromatic rings. The normalized spacial score (nSPS) is 18.0. The van der Waals surface area contributed by atoms with E-state index < -0.39 is 0 Å². The molecule has 1 unspecified atom stereocenters. The van der Waals surface area contributed by atoms with Crippen LogP contribution in [-0.2, 0) is 0 Å². The minimum atomic E-state index is -0.182. The van der Waals surface area contributed by atoms with Gasteiger partial charge in [0, 0.05) is 6.04 Å². The summed E-state index contributed by atoms with van der Waals surface area (Å²) in [7, 11) is 3.73. The summed E-state index contributed by atoms with van der Waals surface area (Å²) in [6.45, 7) is 0. The van der Waals surface area contributed by atoms with Crippen molar-refractivity contribution in [2.24, 2.45) is 0 Å². The van der Waals surface area contributed by atoms with Crippen LogP contribution in [0.3, 0.4) is 0 Å². The molecule has 1 saturated carbocycles. The molecule has 1 aromatic carbocycles. The van der Waals surface area contributed by atoms with E-state index in [2.05, 4.69) is 18.0 Å². The van der Waals surface area contributed by atoms with E-state index in [-0.39, 0.29) is 6.04 Å². The van der Waals surface area contributed by atoms with Gasteiger partial charge in [-0.1, -0.05) is 31.4 Å². The zero-order valence-electron chi connectivity index (χ0n) is 11.8. The number of ether oxygens (including phenoxy) is 1. The van der Waals surface area contributed by atoms with E-state index in [1.165, 1.54) is 32.1 Å². The van der Waals surface area contributed by atoms with Crippen LogP contribution in [0.4, 0.5) is 0 Å². The maximum absolute atomic E-state index is 9.51. The van der Waals surface area contributed by atoms with E-state index in [0.29, 0.717) is 6.04 Å². The summed E-state index contributed by atoms with van der Waals surface area (Å²) in [5.41, 5.74) is 1.02. The van der Waals surface area contributed by atoms with Crippen LogP contribution >= 0.6 is 0 Å². The van der Waals surface area contributed by atoms with Gasteiger partial charge < -0.3 is 4.74 Å². The minimum Gasteiger partial charge on any atom is -0.497 e. The number of nitrogens with zero attached hydrogens (tertiary/aromatic N) is 2. The molecule has 2 rings (SSSR count). The van der Waals surface area contributed by atoms with Crippen molar-refractivity contribution in [1.82, 2.24) is 4.90 Å². The highest BCUT2D eigenvalue weighted by Gasteiger charge is 2.25. The number of nitriles is 1. The number of benzene rings is 1. The Kier molecular flexibility index (Phi) is 4.81. The molecule has 1 aliphatic rings. The van der Waals surface area contributed by atoms with Gasteiger partial charge in [-0.2, -0.15) is 5.26 Å². The van der Waals surface area contributed by atoms with Crippen LogP contribution in [0.15, 0.2) is 24.3 Å². The molecule has 3 heteroatoms. The van der Waals surface area contributed by atoms with Gasteiger partial charge in [0.15, 0.2) is 0 Å². The van der Waals surface area contributed by atoms with Gasteiger partial charge >= 0.3 is 0 Å². The molecule has 0 N–H and O–H groups in total. The third-order valence-corrected chi connectivity index (χ3v) is 4.09. The van der Waals surface area contributed by atoms with Gasteiger partial charge in [0.05, 0.1) is 13.2 Å². The van der Waals surface area contributed by atoms with Gasteiger partial charge in [0.25, 0.3) is 0 Å². The Hall–Kier alpha value is -1.53. The first-order valence-electron chi connectivity index (χ1n) is 7.01. The predicted octanol–water partition coefficient (Wildman–Crippen LogP) is 3.52. The Morgan fingerprint density at radius 1 is 1.32 bits per heavy atom. The smallest absolute Gasteiger partial charge is 0.123 e. The Bertz CT molecular complexity index is 446. The largest absolute Gasteiger partial charge is 0.497 e. The van der Waals surface area contributed by atoms with Crippen molar-refractivity contribution < 1.29 is 4.74 Å². The van der Waals surface area contributed by atoms with Crippen LogP contribution in [0.5, 0.6) is 5.75 Å². The fourth-order valence-corrected chi connectivity index (χ4v) is 2.91. The average Bonchev–Trinajstić information content (AvgIpc) is 2.49. The van der Waals surface area contributed by atoms with Crippen LogP contribution in [0, 0.1) is 11.3 Å². The maximum atomic E-state index is 9.51. The summed E-state index contributed by atoms with van der Waals surface area (Å²) in [6, 6.07) is 10.6. The Labute approximate surface area is 115 Å². The van der Waals surface area contributed by atoms with Crippen molar-refractivity contribution in [2.75, 3.05) is 14.2 Å². The lowest BCUT2D eigenvalue weighted by Crippen LogP contribution is -2.36. The standard InChI is InChI=1S/C16H22N2O/c1-18(14-8-4-3-5-9-14)16(12-17)13-7-6-10-15(11-13)19-2/h6-7,10-11,14,16H,3-5,8-9H2,1-2H3. The second-order valence-corrected chi connectivity index (χ2v) is 5.27. The Morgan fingerprint density at radius 2 is 2.05 bits per heavy atom. The third kappa shape index (κ3) is 3.27. The SMILES string of the molecule is COc1cccc(C(C#N)N(C)C2CCCCC2)c1. The second-order valence-electron chi connectivity index (χ2n) is 5.27. The molecule has 0 bridgehead atoms. The third-order valence-electron chi connectivity index (χ3n) is 4.09. The molecule has 1 fully saturated rings. The fourth-order valence-electron chi connectivity index (χ4n) is 2.91. The van der Waals surface area contributed by atoms with Crippen LogP contribution < -0.4 is 4.74 Å². The van der Waals surface area contributed by atoms with Gasteiger partial charge in [-0.15, -0.1) is 0 Å². The lowest BCUT2D eigenvalue weighted by Gasteiger charge is -2.34. The van der Waals surface area contributed by atoms with Gasteiger partial charge in [0.1, 0.15) is 11.8 Å². The lowest BCUT2D eigenvalue weighted by atomic mass is 9.92. The summed E-state index contributed by atoms with van der Waals surface area (Å²) in [5, 5.41) is 9.51. The quantitative estimate of drug-likeness (QED) is 0.829. The van der Waals surface area contributed by atoms with Gasteiger partial charge in [-0.05, 0) is 37.6 Å². The Balaban J connectivity index is 2.16. The molecule has 19 heavy (non-hydrogen) atoms. The summed E-state index contributed by atoms with van der Waals surface area (Å²) >= 11 is 0. The topological polar surface area (TPSA) is 36.3 Å². The number of hydrogen-bond donors (Lipinski definition) is 0. The average molecular weight is 258 g/mol. The molecule has 0 radical (unpaired) electrons. The highest BCUT2D eigenvalue weighted by molar-refractivity contribution is 5.33. The molecule has 102 valence electrons. The van der Waals surface area contributed by atoms with Crippen molar-refractivity contribution in [2.45, 2.75) is 44.2 Å². The van der Waals surface area contributed by atoms with E-state index in [1.807, 2.05) is 24.3 Å². The number of methoxy groups -OCH3 is 1. The minimum absolute atomic E-state index is 0.182. The zero-order valence-corrected chi connectivity index (χ0v) is 11.8. The summed E-state index contributed by atoms with van der Waals surface area (Å²) in [4.78, 5) is 2.23.